The molecule has 16 heavy (non-hydrogen) atoms. The summed E-state index contributed by atoms with van der Waals surface area (Å²) in [5.41, 5.74) is 3.83. The Kier molecular flexibility index (Phi) is 3.13. The third-order valence-corrected chi connectivity index (χ3v) is 3.09. The molecule has 0 bridgehead atoms. The maximum atomic E-state index is 4.43. The maximum absolute atomic E-state index is 4.43. The lowest BCUT2D eigenvalue weighted by atomic mass is 10.1. The first kappa shape index (κ1) is 11.0. The minimum absolute atomic E-state index is 0.253. The van der Waals surface area contributed by atoms with Gasteiger partial charge in [0.15, 0.2) is 0 Å². The van der Waals surface area contributed by atoms with Crippen LogP contribution in [0.15, 0.2) is 23.2 Å². The number of nitrogens with zero attached hydrogens (tertiary/aromatic N) is 1. The molecule has 0 saturated carbocycles. The molecule has 3 heteroatoms. The third kappa shape index (κ3) is 2.18. The molecule has 1 unspecified atom stereocenters. The van der Waals surface area contributed by atoms with Crippen molar-refractivity contribution in [2.24, 2.45) is 4.99 Å². The fourth-order valence-electron chi connectivity index (χ4n) is 1.92. The van der Waals surface area contributed by atoms with E-state index < -0.39 is 0 Å². The fraction of sp³-hybridized carbons (Fsp3) is 0.462. The smallest absolute Gasteiger partial charge is 0.119 e. The summed E-state index contributed by atoms with van der Waals surface area (Å²) in [5, 5.41) is 6.80. The van der Waals surface area contributed by atoms with Crippen molar-refractivity contribution in [3.05, 3.63) is 29.3 Å². The highest BCUT2D eigenvalue weighted by Crippen LogP contribution is 2.19. The van der Waals surface area contributed by atoms with Gasteiger partial charge in [0, 0.05) is 12.2 Å². The summed E-state index contributed by atoms with van der Waals surface area (Å²) >= 11 is 0. The van der Waals surface area contributed by atoms with Crippen LogP contribution in [0, 0.1) is 13.8 Å². The zero-order valence-corrected chi connectivity index (χ0v) is 10.2. The first-order valence-electron chi connectivity index (χ1n) is 5.79. The molecule has 0 aromatic heterocycles. The Labute approximate surface area is 97.0 Å². The van der Waals surface area contributed by atoms with E-state index in [9.17, 15) is 0 Å². The molecule has 1 aromatic rings. The zero-order chi connectivity index (χ0) is 11.5. The van der Waals surface area contributed by atoms with E-state index in [-0.39, 0.29) is 6.04 Å². The van der Waals surface area contributed by atoms with Gasteiger partial charge in [-0.05, 0) is 38.0 Å². The van der Waals surface area contributed by atoms with Gasteiger partial charge in [0.05, 0.1) is 12.6 Å². The highest BCUT2D eigenvalue weighted by Gasteiger charge is 2.14. The van der Waals surface area contributed by atoms with Gasteiger partial charge in [-0.3, -0.25) is 4.99 Å². The van der Waals surface area contributed by atoms with Gasteiger partial charge in [-0.1, -0.05) is 12.1 Å². The Balaban J connectivity index is 2.11. The molecule has 0 aliphatic carbocycles. The van der Waals surface area contributed by atoms with Gasteiger partial charge in [-0.25, -0.2) is 0 Å². The number of rotatable bonds is 3. The van der Waals surface area contributed by atoms with E-state index in [1.54, 1.807) is 0 Å². The summed E-state index contributed by atoms with van der Waals surface area (Å²) in [6.07, 6.45) is 0. The van der Waals surface area contributed by atoms with E-state index in [0.717, 1.165) is 18.9 Å². The average Bonchev–Trinajstić information content (AvgIpc) is 2.78. The van der Waals surface area contributed by atoms with E-state index >= 15 is 0 Å². The Bertz CT molecular complexity index is 410. The lowest BCUT2D eigenvalue weighted by molar-refractivity contribution is 0.928. The molecule has 0 amide bonds. The van der Waals surface area contributed by atoms with E-state index in [2.05, 4.69) is 54.6 Å². The van der Waals surface area contributed by atoms with Crippen molar-refractivity contribution >= 4 is 11.5 Å². The first-order valence-corrected chi connectivity index (χ1v) is 5.79. The summed E-state index contributed by atoms with van der Waals surface area (Å²) < 4.78 is 0. The number of hydrogen-bond acceptors (Lipinski definition) is 3. The highest BCUT2D eigenvalue weighted by molar-refractivity contribution is 5.90. The lowest BCUT2D eigenvalue weighted by Crippen LogP contribution is -2.34. The molecule has 0 radical (unpaired) electrons. The van der Waals surface area contributed by atoms with Gasteiger partial charge in [0.2, 0.25) is 0 Å². The van der Waals surface area contributed by atoms with E-state index in [0.29, 0.717) is 0 Å². The Morgan fingerprint density at radius 1 is 1.38 bits per heavy atom. The van der Waals surface area contributed by atoms with Crippen molar-refractivity contribution in [2.75, 3.05) is 18.4 Å². The van der Waals surface area contributed by atoms with Crippen LogP contribution in [-0.2, 0) is 0 Å². The molecule has 1 heterocycles. The molecule has 86 valence electrons. The molecule has 3 nitrogen and oxygen atoms in total. The number of nitrogens with one attached hydrogen (secondary N) is 2. The summed E-state index contributed by atoms with van der Waals surface area (Å²) in [5.74, 6) is 1.07. The van der Waals surface area contributed by atoms with Crippen LogP contribution < -0.4 is 10.6 Å². The SMILES string of the molecule is Cc1cccc(NC(C)C2=NCCN2)c1C. The topological polar surface area (TPSA) is 36.4 Å². The molecule has 0 spiro atoms. The zero-order valence-electron chi connectivity index (χ0n) is 10.2. The average molecular weight is 217 g/mol. The lowest BCUT2D eigenvalue weighted by Gasteiger charge is -2.18. The van der Waals surface area contributed by atoms with Crippen LogP contribution in [0.4, 0.5) is 5.69 Å². The summed E-state index contributed by atoms with van der Waals surface area (Å²) in [7, 11) is 0. The van der Waals surface area contributed by atoms with Crippen LogP contribution in [0.1, 0.15) is 18.1 Å². The summed E-state index contributed by atoms with van der Waals surface area (Å²) in [6.45, 7) is 8.28. The largest absolute Gasteiger partial charge is 0.375 e. The molecular formula is C13H19N3. The molecular weight excluding hydrogens is 198 g/mol. The number of aliphatic imine (C=N–C) groups is 1. The number of anilines is 1. The minimum Gasteiger partial charge on any atom is -0.375 e. The van der Waals surface area contributed by atoms with Gasteiger partial charge >= 0.3 is 0 Å². The monoisotopic (exact) mass is 217 g/mol. The van der Waals surface area contributed by atoms with E-state index in [1.165, 1.54) is 16.8 Å². The quantitative estimate of drug-likeness (QED) is 0.813. The Hall–Kier alpha value is -1.51. The molecule has 1 aliphatic heterocycles. The second kappa shape index (κ2) is 4.56. The van der Waals surface area contributed by atoms with Crippen molar-refractivity contribution in [3.8, 4) is 0 Å². The van der Waals surface area contributed by atoms with Gasteiger partial charge in [-0.2, -0.15) is 0 Å². The molecule has 1 aromatic carbocycles. The summed E-state index contributed by atoms with van der Waals surface area (Å²) in [4.78, 5) is 4.43. The van der Waals surface area contributed by atoms with Crippen molar-refractivity contribution in [1.29, 1.82) is 0 Å². The van der Waals surface area contributed by atoms with Crippen LogP contribution in [0.2, 0.25) is 0 Å². The van der Waals surface area contributed by atoms with Gasteiger partial charge in [-0.15, -0.1) is 0 Å². The van der Waals surface area contributed by atoms with Crippen LogP contribution in [0.5, 0.6) is 0 Å². The van der Waals surface area contributed by atoms with Crippen LogP contribution in [0.25, 0.3) is 0 Å². The van der Waals surface area contributed by atoms with Crippen molar-refractivity contribution in [3.63, 3.8) is 0 Å². The first-order chi connectivity index (χ1) is 7.68. The second-order valence-electron chi connectivity index (χ2n) is 4.31. The standard InChI is InChI=1S/C13H19N3/c1-9-5-4-6-12(10(9)2)16-11(3)13-14-7-8-15-13/h4-6,11,16H,7-8H2,1-3H3,(H,14,15). The third-order valence-electron chi connectivity index (χ3n) is 3.09. The van der Waals surface area contributed by atoms with Crippen molar-refractivity contribution in [2.45, 2.75) is 26.8 Å². The van der Waals surface area contributed by atoms with Crippen molar-refractivity contribution < 1.29 is 0 Å². The molecule has 0 fully saturated rings. The summed E-state index contributed by atoms with van der Waals surface area (Å²) in [6, 6.07) is 6.59. The molecule has 0 saturated heterocycles. The van der Waals surface area contributed by atoms with Crippen LogP contribution >= 0.6 is 0 Å². The van der Waals surface area contributed by atoms with E-state index in [4.69, 9.17) is 0 Å². The normalized spacial score (nSPS) is 16.6. The molecule has 1 atom stereocenters. The van der Waals surface area contributed by atoms with Crippen LogP contribution in [0.3, 0.4) is 0 Å². The Morgan fingerprint density at radius 2 is 2.19 bits per heavy atom. The second-order valence-corrected chi connectivity index (χ2v) is 4.31. The predicted molar refractivity (Wildman–Crippen MR) is 69.3 cm³/mol. The minimum atomic E-state index is 0.253. The van der Waals surface area contributed by atoms with E-state index in [1.807, 2.05) is 0 Å². The van der Waals surface area contributed by atoms with Crippen molar-refractivity contribution in [1.82, 2.24) is 5.32 Å². The predicted octanol–water partition coefficient (Wildman–Crippen LogP) is 2.11. The Morgan fingerprint density at radius 3 is 2.88 bits per heavy atom. The molecule has 2 N–H and O–H groups in total. The number of aryl methyl sites for hydroxylation is 1. The molecule has 1 aliphatic rings. The van der Waals surface area contributed by atoms with Gasteiger partial charge < -0.3 is 10.6 Å². The number of benzene rings is 1. The van der Waals surface area contributed by atoms with Gasteiger partial charge in [0.25, 0.3) is 0 Å². The van der Waals surface area contributed by atoms with Crippen LogP contribution in [-0.4, -0.2) is 25.0 Å². The van der Waals surface area contributed by atoms with Gasteiger partial charge in [0.1, 0.15) is 5.84 Å². The fourth-order valence-corrected chi connectivity index (χ4v) is 1.92. The molecule has 2 rings (SSSR count). The highest BCUT2D eigenvalue weighted by atomic mass is 15.1. The maximum Gasteiger partial charge on any atom is 0.119 e. The number of amidine groups is 1. The number of hydrogen-bond donors (Lipinski definition) is 2.